The van der Waals surface area contributed by atoms with E-state index in [4.69, 9.17) is 27.5 Å². The SMILES string of the molecule is N=c1n(CCCOc2ccc(F)cc2)c2ccccc2n1Cc1ccc(CNCC(N)=O)cc1-c1ccc(Cl)cc1. The molecule has 0 bridgehead atoms. The zero-order valence-corrected chi connectivity index (χ0v) is 23.2. The maximum Gasteiger partial charge on any atom is 0.231 e. The van der Waals surface area contributed by atoms with Crippen molar-refractivity contribution >= 4 is 28.5 Å². The molecule has 5 rings (SSSR count). The minimum atomic E-state index is -0.405. The van der Waals surface area contributed by atoms with E-state index in [1.165, 1.54) is 12.1 Å². The fourth-order valence-electron chi connectivity index (χ4n) is 4.89. The zero-order valence-electron chi connectivity index (χ0n) is 22.4. The Labute approximate surface area is 242 Å². The van der Waals surface area contributed by atoms with Gasteiger partial charge in [0.15, 0.2) is 0 Å². The molecule has 210 valence electrons. The van der Waals surface area contributed by atoms with Crippen molar-refractivity contribution in [2.75, 3.05) is 13.2 Å². The molecule has 0 fully saturated rings. The summed E-state index contributed by atoms with van der Waals surface area (Å²) in [4.78, 5) is 11.2. The lowest BCUT2D eigenvalue weighted by Crippen LogP contribution is -2.28. The number of aromatic nitrogens is 2. The van der Waals surface area contributed by atoms with Crippen LogP contribution in [0.5, 0.6) is 5.75 Å². The molecule has 41 heavy (non-hydrogen) atoms. The number of aryl methyl sites for hydroxylation is 1. The minimum absolute atomic E-state index is 0.102. The quantitative estimate of drug-likeness (QED) is 0.173. The molecule has 7 nitrogen and oxygen atoms in total. The van der Waals surface area contributed by atoms with E-state index in [2.05, 4.69) is 17.4 Å². The topological polar surface area (TPSA) is 98.1 Å². The lowest BCUT2D eigenvalue weighted by Gasteiger charge is -2.14. The Morgan fingerprint density at radius 2 is 1.66 bits per heavy atom. The van der Waals surface area contributed by atoms with Gasteiger partial charge in [0.05, 0.1) is 30.7 Å². The van der Waals surface area contributed by atoms with Crippen molar-refractivity contribution in [3.8, 4) is 16.9 Å². The normalized spacial score (nSPS) is 11.2. The number of carbonyl (C=O) groups excluding carboxylic acids is 1. The van der Waals surface area contributed by atoms with Crippen molar-refractivity contribution in [1.82, 2.24) is 14.5 Å². The summed E-state index contributed by atoms with van der Waals surface area (Å²) in [7, 11) is 0. The molecule has 0 aliphatic heterocycles. The third-order valence-corrected chi connectivity index (χ3v) is 7.12. The van der Waals surface area contributed by atoms with Gasteiger partial charge in [-0.1, -0.05) is 48.0 Å². The molecule has 5 aromatic rings. The van der Waals surface area contributed by atoms with Gasteiger partial charge >= 0.3 is 0 Å². The van der Waals surface area contributed by atoms with Crippen LogP contribution in [0.2, 0.25) is 5.02 Å². The molecular weight excluding hydrogens is 541 g/mol. The number of primary amides is 1. The maximum atomic E-state index is 13.2. The second kappa shape index (κ2) is 12.8. The monoisotopic (exact) mass is 571 g/mol. The Balaban J connectivity index is 1.42. The average Bonchev–Trinajstić information content (AvgIpc) is 3.23. The predicted molar refractivity (Wildman–Crippen MR) is 159 cm³/mol. The number of rotatable bonds is 12. The molecule has 0 atom stereocenters. The lowest BCUT2D eigenvalue weighted by molar-refractivity contribution is -0.117. The summed E-state index contributed by atoms with van der Waals surface area (Å²) in [6.07, 6.45) is 0.685. The van der Waals surface area contributed by atoms with E-state index in [0.717, 1.165) is 33.3 Å². The highest BCUT2D eigenvalue weighted by atomic mass is 35.5. The van der Waals surface area contributed by atoms with Crippen molar-refractivity contribution in [2.24, 2.45) is 5.73 Å². The summed E-state index contributed by atoms with van der Waals surface area (Å²) in [6, 6.07) is 27.9. The van der Waals surface area contributed by atoms with Crippen LogP contribution in [0.3, 0.4) is 0 Å². The number of benzene rings is 4. The van der Waals surface area contributed by atoms with Crippen LogP contribution in [0, 0.1) is 11.2 Å². The molecule has 0 aliphatic carbocycles. The van der Waals surface area contributed by atoms with Crippen LogP contribution in [0.1, 0.15) is 17.5 Å². The molecule has 4 aromatic carbocycles. The second-order valence-electron chi connectivity index (χ2n) is 9.77. The predicted octanol–water partition coefficient (Wildman–Crippen LogP) is 5.47. The number of nitrogens with zero attached hydrogens (tertiary/aromatic N) is 2. The van der Waals surface area contributed by atoms with Crippen LogP contribution < -0.4 is 21.4 Å². The minimum Gasteiger partial charge on any atom is -0.494 e. The van der Waals surface area contributed by atoms with Crippen molar-refractivity contribution in [1.29, 1.82) is 5.41 Å². The highest BCUT2D eigenvalue weighted by Crippen LogP contribution is 2.28. The van der Waals surface area contributed by atoms with Crippen LogP contribution in [0.4, 0.5) is 4.39 Å². The molecule has 0 saturated carbocycles. The molecule has 0 unspecified atom stereocenters. The Kier molecular flexibility index (Phi) is 8.82. The fourth-order valence-corrected chi connectivity index (χ4v) is 5.02. The lowest BCUT2D eigenvalue weighted by atomic mass is 9.97. The molecule has 0 aliphatic rings. The van der Waals surface area contributed by atoms with Crippen molar-refractivity contribution in [3.63, 3.8) is 0 Å². The third-order valence-electron chi connectivity index (χ3n) is 6.87. The zero-order chi connectivity index (χ0) is 28.8. The summed E-state index contributed by atoms with van der Waals surface area (Å²) < 4.78 is 23.0. The Morgan fingerprint density at radius 1 is 0.951 bits per heavy atom. The van der Waals surface area contributed by atoms with E-state index < -0.39 is 5.91 Å². The molecule has 1 heterocycles. The molecule has 1 aromatic heterocycles. The third kappa shape index (κ3) is 6.85. The molecule has 0 saturated heterocycles. The first kappa shape index (κ1) is 28.1. The Morgan fingerprint density at radius 3 is 2.37 bits per heavy atom. The summed E-state index contributed by atoms with van der Waals surface area (Å²) in [5, 5.41) is 12.8. The number of fused-ring (bicyclic) bond motifs is 1. The number of nitrogens with two attached hydrogens (primary N) is 1. The van der Waals surface area contributed by atoms with Gasteiger partial charge in [-0.3, -0.25) is 10.2 Å². The number of carbonyl (C=O) groups is 1. The molecule has 1 amide bonds. The van der Waals surface area contributed by atoms with Gasteiger partial charge in [-0.25, -0.2) is 4.39 Å². The van der Waals surface area contributed by atoms with Crippen LogP contribution in [0.15, 0.2) is 91.0 Å². The van der Waals surface area contributed by atoms with E-state index >= 15 is 0 Å². The summed E-state index contributed by atoms with van der Waals surface area (Å²) in [5.41, 5.74) is 11.7. The molecule has 9 heteroatoms. The number of halogens is 2. The van der Waals surface area contributed by atoms with Crippen LogP contribution in [0.25, 0.3) is 22.2 Å². The summed E-state index contributed by atoms with van der Waals surface area (Å²) >= 11 is 6.17. The van der Waals surface area contributed by atoms with Gasteiger partial charge in [0.2, 0.25) is 11.5 Å². The van der Waals surface area contributed by atoms with Crippen molar-refractivity contribution in [2.45, 2.75) is 26.1 Å². The first-order chi connectivity index (χ1) is 19.9. The van der Waals surface area contributed by atoms with Gasteiger partial charge in [0.1, 0.15) is 11.6 Å². The fraction of sp³-hybridized carbons (Fsp3) is 0.188. The molecule has 4 N–H and O–H groups in total. The average molecular weight is 572 g/mol. The number of hydrogen-bond donors (Lipinski definition) is 3. The van der Waals surface area contributed by atoms with E-state index in [1.54, 1.807) is 12.1 Å². The van der Waals surface area contributed by atoms with E-state index in [0.29, 0.717) is 49.1 Å². The van der Waals surface area contributed by atoms with Gasteiger partial charge in [-0.15, -0.1) is 0 Å². The first-order valence-electron chi connectivity index (χ1n) is 13.4. The van der Waals surface area contributed by atoms with Crippen molar-refractivity contribution < 1.29 is 13.9 Å². The Bertz CT molecular complexity index is 1710. The van der Waals surface area contributed by atoms with E-state index in [1.807, 2.05) is 63.7 Å². The highest BCUT2D eigenvalue weighted by molar-refractivity contribution is 6.30. The van der Waals surface area contributed by atoms with Gasteiger partial charge in [-0.2, -0.15) is 0 Å². The summed E-state index contributed by atoms with van der Waals surface area (Å²) in [6.45, 7) is 2.14. The number of nitrogens with one attached hydrogen (secondary N) is 2. The van der Waals surface area contributed by atoms with Crippen LogP contribution >= 0.6 is 11.6 Å². The van der Waals surface area contributed by atoms with Gasteiger partial charge in [-0.05, 0) is 83.3 Å². The van der Waals surface area contributed by atoms with E-state index in [9.17, 15) is 9.18 Å². The summed E-state index contributed by atoms with van der Waals surface area (Å²) in [5.74, 6) is -0.0848. The number of ether oxygens (including phenoxy) is 1. The number of imidazole rings is 1. The van der Waals surface area contributed by atoms with Crippen LogP contribution in [-0.4, -0.2) is 28.2 Å². The smallest absolute Gasteiger partial charge is 0.231 e. The number of para-hydroxylation sites is 2. The van der Waals surface area contributed by atoms with E-state index in [-0.39, 0.29) is 12.4 Å². The number of amides is 1. The first-order valence-corrected chi connectivity index (χ1v) is 13.7. The van der Waals surface area contributed by atoms with Gasteiger partial charge < -0.3 is 24.9 Å². The molecule has 0 spiro atoms. The molecule has 0 radical (unpaired) electrons. The van der Waals surface area contributed by atoms with Crippen molar-refractivity contribution in [3.05, 3.63) is 119 Å². The molecular formula is C32H31ClFN5O2. The van der Waals surface area contributed by atoms with Gasteiger partial charge in [0, 0.05) is 18.1 Å². The standard InChI is InChI=1S/C32H31ClFN5O2/c33-25-10-8-23(9-11-25)28-18-22(19-37-20-31(35)40)6-7-24(28)21-39-30-5-2-1-4-29(30)38(32(39)36)16-3-17-41-27-14-12-26(34)13-15-27/h1-2,4-15,18,36-37H,3,16-17,19-21H2,(H2,35,40). The maximum absolute atomic E-state index is 13.2. The highest BCUT2D eigenvalue weighted by Gasteiger charge is 2.14. The Hall–Kier alpha value is -4.40. The largest absolute Gasteiger partial charge is 0.494 e. The second-order valence-corrected chi connectivity index (χ2v) is 10.2. The van der Waals surface area contributed by atoms with Gasteiger partial charge in [0.25, 0.3) is 0 Å². The van der Waals surface area contributed by atoms with Crippen LogP contribution in [-0.2, 0) is 24.4 Å². The number of hydrogen-bond acceptors (Lipinski definition) is 4.